The normalized spacial score (nSPS) is 19.8. The number of likely N-dealkylation sites (N-methyl/N-ethyl adjacent to an activating group) is 1. The largest absolute Gasteiger partial charge is 0.444 e. The molecule has 0 spiro atoms. The number of carbonyl (C=O) groups excluding carboxylic acids is 1. The van der Waals surface area contributed by atoms with Gasteiger partial charge in [-0.2, -0.15) is 0 Å². The minimum absolute atomic E-state index is 0.265. The Labute approximate surface area is 152 Å². The van der Waals surface area contributed by atoms with Gasteiger partial charge in [0.2, 0.25) is 0 Å². The van der Waals surface area contributed by atoms with Gasteiger partial charge < -0.3 is 14.7 Å². The first-order chi connectivity index (χ1) is 11.6. The molecule has 0 aliphatic heterocycles. The van der Waals surface area contributed by atoms with Gasteiger partial charge in [0, 0.05) is 7.05 Å². The zero-order chi connectivity index (χ0) is 18.7. The molecule has 1 aliphatic rings. The van der Waals surface area contributed by atoms with Gasteiger partial charge in [-0.05, 0) is 52.0 Å². The number of benzene rings is 1. The molecule has 4 heteroatoms. The maximum atomic E-state index is 12.7. The third kappa shape index (κ3) is 4.97. The Morgan fingerprint density at radius 3 is 2.20 bits per heavy atom. The van der Waals surface area contributed by atoms with Crippen molar-refractivity contribution < 1.29 is 14.6 Å². The van der Waals surface area contributed by atoms with E-state index in [0.29, 0.717) is 0 Å². The van der Waals surface area contributed by atoms with E-state index in [-0.39, 0.29) is 18.1 Å². The number of amides is 1. The summed E-state index contributed by atoms with van der Waals surface area (Å²) in [6.45, 7) is 7.42. The first-order valence-electron chi connectivity index (χ1n) is 9.36. The highest BCUT2D eigenvalue weighted by Crippen LogP contribution is 2.39. The molecule has 1 saturated carbocycles. The van der Waals surface area contributed by atoms with Crippen molar-refractivity contribution in [1.82, 2.24) is 4.90 Å². The van der Waals surface area contributed by atoms with Crippen LogP contribution >= 0.6 is 0 Å². The van der Waals surface area contributed by atoms with Crippen LogP contribution in [0.5, 0.6) is 0 Å². The van der Waals surface area contributed by atoms with Crippen LogP contribution in [-0.4, -0.2) is 34.8 Å². The van der Waals surface area contributed by atoms with E-state index >= 15 is 0 Å². The Morgan fingerprint density at radius 2 is 1.68 bits per heavy atom. The molecule has 1 fully saturated rings. The van der Waals surface area contributed by atoms with Crippen LogP contribution in [0.1, 0.15) is 65.4 Å². The van der Waals surface area contributed by atoms with Crippen molar-refractivity contribution in [1.29, 1.82) is 0 Å². The predicted octanol–water partition coefficient (Wildman–Crippen LogP) is 4.71. The van der Waals surface area contributed by atoms with Crippen molar-refractivity contribution in [2.45, 2.75) is 77.0 Å². The van der Waals surface area contributed by atoms with Gasteiger partial charge in [-0.25, -0.2) is 4.79 Å². The summed E-state index contributed by atoms with van der Waals surface area (Å²) < 4.78 is 5.58. The molecular formula is C21H33NO3. The highest BCUT2D eigenvalue weighted by molar-refractivity contribution is 5.68. The molecular weight excluding hydrogens is 314 g/mol. The lowest BCUT2D eigenvalue weighted by Crippen LogP contribution is -2.55. The van der Waals surface area contributed by atoms with Crippen LogP contribution in [0.15, 0.2) is 30.3 Å². The van der Waals surface area contributed by atoms with Crippen molar-refractivity contribution in [3.05, 3.63) is 35.9 Å². The molecule has 4 nitrogen and oxygen atoms in total. The van der Waals surface area contributed by atoms with E-state index in [1.165, 1.54) is 6.42 Å². The van der Waals surface area contributed by atoms with Gasteiger partial charge in [0.1, 0.15) is 11.2 Å². The molecule has 0 bridgehead atoms. The zero-order valence-electron chi connectivity index (χ0n) is 16.3. The molecule has 1 amide bonds. The smallest absolute Gasteiger partial charge is 0.410 e. The van der Waals surface area contributed by atoms with Crippen LogP contribution in [0.2, 0.25) is 0 Å². The minimum Gasteiger partial charge on any atom is -0.444 e. The van der Waals surface area contributed by atoms with Gasteiger partial charge in [-0.3, -0.25) is 0 Å². The number of rotatable bonds is 4. The van der Waals surface area contributed by atoms with Crippen molar-refractivity contribution in [2.75, 3.05) is 7.05 Å². The van der Waals surface area contributed by atoms with Gasteiger partial charge in [0.15, 0.2) is 0 Å². The molecule has 1 N–H and O–H groups in total. The molecule has 25 heavy (non-hydrogen) atoms. The van der Waals surface area contributed by atoms with Gasteiger partial charge in [0.25, 0.3) is 0 Å². The van der Waals surface area contributed by atoms with E-state index in [1.54, 1.807) is 11.9 Å². The number of carbonyl (C=O) groups is 1. The maximum Gasteiger partial charge on any atom is 0.410 e. The third-order valence-electron chi connectivity index (χ3n) is 5.13. The number of ether oxygens (including phenoxy) is 1. The first kappa shape index (κ1) is 19.8. The van der Waals surface area contributed by atoms with Crippen LogP contribution in [0.25, 0.3) is 0 Å². The minimum atomic E-state index is -1.13. The molecule has 140 valence electrons. The van der Waals surface area contributed by atoms with Gasteiger partial charge in [-0.1, -0.05) is 49.6 Å². The Balaban J connectivity index is 2.34. The summed E-state index contributed by atoms with van der Waals surface area (Å²) in [5.41, 5.74) is -0.850. The quantitative estimate of drug-likeness (QED) is 0.858. The van der Waals surface area contributed by atoms with E-state index in [9.17, 15) is 9.90 Å². The second-order valence-electron chi connectivity index (χ2n) is 8.45. The summed E-state index contributed by atoms with van der Waals surface area (Å²) >= 11 is 0. The van der Waals surface area contributed by atoms with Crippen molar-refractivity contribution >= 4 is 6.09 Å². The summed E-state index contributed by atoms with van der Waals surface area (Å²) in [5.74, 6) is 0.265. The monoisotopic (exact) mass is 347 g/mol. The third-order valence-corrected chi connectivity index (χ3v) is 5.13. The summed E-state index contributed by atoms with van der Waals surface area (Å²) in [4.78, 5) is 14.3. The van der Waals surface area contributed by atoms with Crippen molar-refractivity contribution in [2.24, 2.45) is 5.92 Å². The van der Waals surface area contributed by atoms with E-state index in [0.717, 1.165) is 31.2 Å². The number of nitrogens with zero attached hydrogens (tertiary/aromatic N) is 1. The fourth-order valence-corrected chi connectivity index (χ4v) is 4.00. The predicted molar refractivity (Wildman–Crippen MR) is 100 cm³/mol. The van der Waals surface area contributed by atoms with Crippen LogP contribution in [0, 0.1) is 5.92 Å². The average Bonchev–Trinajstić information content (AvgIpc) is 2.55. The lowest BCUT2D eigenvalue weighted by molar-refractivity contribution is -0.0684. The molecule has 2 rings (SSSR count). The lowest BCUT2D eigenvalue weighted by Gasteiger charge is -2.45. The lowest BCUT2D eigenvalue weighted by atomic mass is 9.74. The van der Waals surface area contributed by atoms with Crippen molar-refractivity contribution in [3.8, 4) is 0 Å². The number of hydrogen-bond donors (Lipinski definition) is 1. The van der Waals surface area contributed by atoms with E-state index < -0.39 is 11.2 Å². The molecule has 1 aliphatic carbocycles. The molecule has 1 unspecified atom stereocenters. The highest BCUT2D eigenvalue weighted by atomic mass is 16.6. The maximum absolute atomic E-state index is 12.7. The van der Waals surface area contributed by atoms with Crippen LogP contribution in [-0.2, 0) is 10.3 Å². The Kier molecular flexibility index (Phi) is 6.15. The van der Waals surface area contributed by atoms with Gasteiger partial charge in [-0.15, -0.1) is 0 Å². The highest BCUT2D eigenvalue weighted by Gasteiger charge is 2.44. The fourth-order valence-electron chi connectivity index (χ4n) is 4.00. The van der Waals surface area contributed by atoms with Gasteiger partial charge in [0.05, 0.1) is 6.04 Å². The number of aliphatic hydroxyl groups is 1. The first-order valence-corrected chi connectivity index (χ1v) is 9.36. The molecule has 0 aromatic heterocycles. The second kappa shape index (κ2) is 7.77. The molecule has 1 aromatic rings. The van der Waals surface area contributed by atoms with Crippen molar-refractivity contribution in [3.63, 3.8) is 0 Å². The Bertz CT molecular complexity index is 556. The van der Waals surface area contributed by atoms with E-state index in [1.807, 2.05) is 58.0 Å². The molecule has 1 aromatic carbocycles. The second-order valence-corrected chi connectivity index (χ2v) is 8.45. The molecule has 0 radical (unpaired) electrons. The standard InChI is InChI=1S/C21H33NO3/c1-20(2,3)25-19(23)22(5)18(16-12-8-6-9-13-16)21(4,24)17-14-10-7-11-15-17/h7,10-11,14-16,18,24H,6,8-9,12-13H2,1-5H3/t18-,21?/m0/s1. The van der Waals surface area contributed by atoms with E-state index in [2.05, 4.69) is 0 Å². The SMILES string of the molecule is CN(C(=O)OC(C)(C)C)[C@@H](C1CCCCC1)C(C)(O)c1ccccc1. The van der Waals surface area contributed by atoms with E-state index in [4.69, 9.17) is 4.74 Å². The van der Waals surface area contributed by atoms with Gasteiger partial charge >= 0.3 is 6.09 Å². The fraction of sp³-hybridized carbons (Fsp3) is 0.667. The molecule has 0 saturated heterocycles. The van der Waals surface area contributed by atoms with Crippen LogP contribution in [0.4, 0.5) is 4.79 Å². The zero-order valence-corrected chi connectivity index (χ0v) is 16.3. The summed E-state index contributed by atoms with van der Waals surface area (Å²) in [5, 5.41) is 11.5. The summed E-state index contributed by atoms with van der Waals surface area (Å²) in [6, 6.07) is 9.33. The van der Waals surface area contributed by atoms with Crippen LogP contribution < -0.4 is 0 Å². The number of hydrogen-bond acceptors (Lipinski definition) is 3. The topological polar surface area (TPSA) is 49.8 Å². The van der Waals surface area contributed by atoms with Crippen LogP contribution in [0.3, 0.4) is 0 Å². The summed E-state index contributed by atoms with van der Waals surface area (Å²) in [7, 11) is 1.75. The average molecular weight is 347 g/mol. The summed E-state index contributed by atoms with van der Waals surface area (Å²) in [6.07, 6.45) is 5.20. The molecule has 0 heterocycles. The Hall–Kier alpha value is -1.55. The Morgan fingerprint density at radius 1 is 1.12 bits per heavy atom. The molecule has 2 atom stereocenters.